The summed E-state index contributed by atoms with van der Waals surface area (Å²) in [6.07, 6.45) is 4.24. The van der Waals surface area contributed by atoms with Gasteiger partial charge in [-0.25, -0.2) is 4.98 Å². The third kappa shape index (κ3) is 2.72. The Labute approximate surface area is 117 Å². The van der Waals surface area contributed by atoms with Gasteiger partial charge in [-0.3, -0.25) is 4.90 Å². The van der Waals surface area contributed by atoms with E-state index in [-0.39, 0.29) is 5.41 Å². The molecule has 0 radical (unpaired) electrons. The Kier molecular flexibility index (Phi) is 3.41. The van der Waals surface area contributed by atoms with Crippen LogP contribution in [0.3, 0.4) is 0 Å². The summed E-state index contributed by atoms with van der Waals surface area (Å²) in [5, 5.41) is 7.43. The molecule has 3 rings (SSSR count). The van der Waals surface area contributed by atoms with Gasteiger partial charge in [-0.05, 0) is 32.9 Å². The van der Waals surface area contributed by atoms with Gasteiger partial charge >= 0.3 is 0 Å². The predicted octanol–water partition coefficient (Wildman–Crippen LogP) is 2.99. The molecular formula is C14H19N3OS. The van der Waals surface area contributed by atoms with E-state index in [0.29, 0.717) is 0 Å². The normalized spacial score (nSPS) is 19.7. The fourth-order valence-corrected chi connectivity index (χ4v) is 3.52. The fourth-order valence-electron chi connectivity index (χ4n) is 2.66. The maximum atomic E-state index is 5.12. The Morgan fingerprint density at radius 2 is 2.21 bits per heavy atom. The van der Waals surface area contributed by atoms with Gasteiger partial charge in [-0.2, -0.15) is 0 Å². The van der Waals surface area contributed by atoms with Crippen molar-refractivity contribution in [3.63, 3.8) is 0 Å². The van der Waals surface area contributed by atoms with Crippen molar-refractivity contribution in [3.8, 4) is 0 Å². The number of nitrogens with zero attached hydrogens (tertiary/aromatic N) is 3. The van der Waals surface area contributed by atoms with Crippen LogP contribution in [0.4, 0.5) is 0 Å². The van der Waals surface area contributed by atoms with Crippen LogP contribution < -0.4 is 0 Å². The summed E-state index contributed by atoms with van der Waals surface area (Å²) in [7, 11) is 0. The summed E-state index contributed by atoms with van der Waals surface area (Å²) in [5.41, 5.74) is 1.29. The van der Waals surface area contributed by atoms with Gasteiger partial charge in [0.05, 0.1) is 10.7 Å². The highest BCUT2D eigenvalue weighted by atomic mass is 32.1. The quantitative estimate of drug-likeness (QED) is 0.865. The van der Waals surface area contributed by atoms with Crippen molar-refractivity contribution in [3.05, 3.63) is 34.1 Å². The first-order valence-corrected chi connectivity index (χ1v) is 7.58. The molecule has 0 spiro atoms. The highest BCUT2D eigenvalue weighted by Gasteiger charge is 2.33. The van der Waals surface area contributed by atoms with Crippen LogP contribution in [-0.4, -0.2) is 28.1 Å². The summed E-state index contributed by atoms with van der Waals surface area (Å²) < 4.78 is 5.12. The molecule has 1 aliphatic rings. The van der Waals surface area contributed by atoms with Gasteiger partial charge in [-0.15, -0.1) is 11.3 Å². The third-order valence-electron chi connectivity index (χ3n) is 3.97. The Morgan fingerprint density at radius 1 is 1.42 bits per heavy atom. The monoisotopic (exact) mass is 277 g/mol. The Balaban J connectivity index is 1.60. The van der Waals surface area contributed by atoms with E-state index in [2.05, 4.69) is 27.3 Å². The van der Waals surface area contributed by atoms with Crippen molar-refractivity contribution < 1.29 is 4.52 Å². The minimum Gasteiger partial charge on any atom is -0.361 e. The SMILES string of the molecule is Cc1cc(CN2CCC(C)(c3nccs3)CC2)no1. The maximum Gasteiger partial charge on any atom is 0.133 e. The van der Waals surface area contributed by atoms with E-state index >= 15 is 0 Å². The van der Waals surface area contributed by atoms with E-state index in [9.17, 15) is 0 Å². The van der Waals surface area contributed by atoms with Crippen LogP contribution in [0.5, 0.6) is 0 Å². The minimum atomic E-state index is 0.254. The smallest absolute Gasteiger partial charge is 0.133 e. The fraction of sp³-hybridized carbons (Fsp3) is 0.571. The van der Waals surface area contributed by atoms with Crippen LogP contribution in [0.1, 0.15) is 36.2 Å². The van der Waals surface area contributed by atoms with E-state index in [1.165, 1.54) is 5.01 Å². The first kappa shape index (κ1) is 12.8. The number of rotatable bonds is 3. The average Bonchev–Trinajstić information content (AvgIpc) is 3.04. The van der Waals surface area contributed by atoms with E-state index in [1.807, 2.05) is 19.2 Å². The molecule has 5 heteroatoms. The van der Waals surface area contributed by atoms with Crippen LogP contribution in [0.25, 0.3) is 0 Å². The van der Waals surface area contributed by atoms with Gasteiger partial charge in [-0.1, -0.05) is 12.1 Å². The van der Waals surface area contributed by atoms with Gasteiger partial charge < -0.3 is 4.52 Å². The third-order valence-corrected chi connectivity index (χ3v) is 5.05. The second-order valence-corrected chi connectivity index (χ2v) is 6.50. The Morgan fingerprint density at radius 3 is 2.79 bits per heavy atom. The van der Waals surface area contributed by atoms with Gasteiger partial charge in [0.15, 0.2) is 0 Å². The topological polar surface area (TPSA) is 42.2 Å². The van der Waals surface area contributed by atoms with Crippen molar-refractivity contribution in [1.29, 1.82) is 0 Å². The molecule has 1 aliphatic heterocycles. The maximum absolute atomic E-state index is 5.12. The summed E-state index contributed by atoms with van der Waals surface area (Å²) in [5.74, 6) is 0.889. The molecule has 3 heterocycles. The van der Waals surface area contributed by atoms with E-state index < -0.39 is 0 Å². The van der Waals surface area contributed by atoms with E-state index in [4.69, 9.17) is 4.52 Å². The molecule has 19 heavy (non-hydrogen) atoms. The molecule has 1 fully saturated rings. The number of thiazole rings is 1. The molecule has 102 valence electrons. The first-order valence-electron chi connectivity index (χ1n) is 6.70. The van der Waals surface area contributed by atoms with Crippen molar-refractivity contribution >= 4 is 11.3 Å². The van der Waals surface area contributed by atoms with Crippen molar-refractivity contribution in [1.82, 2.24) is 15.0 Å². The lowest BCUT2D eigenvalue weighted by atomic mass is 9.81. The van der Waals surface area contributed by atoms with Crippen molar-refractivity contribution in [2.75, 3.05) is 13.1 Å². The van der Waals surface area contributed by atoms with Crippen LogP contribution >= 0.6 is 11.3 Å². The molecule has 2 aromatic heterocycles. The van der Waals surface area contributed by atoms with Crippen LogP contribution in [0, 0.1) is 6.92 Å². The second kappa shape index (κ2) is 5.06. The molecule has 0 aromatic carbocycles. The molecule has 1 saturated heterocycles. The second-order valence-electron chi connectivity index (χ2n) is 5.60. The number of hydrogen-bond donors (Lipinski definition) is 0. The Bertz CT molecular complexity index is 527. The molecule has 0 amide bonds. The molecule has 4 nitrogen and oxygen atoms in total. The predicted molar refractivity (Wildman–Crippen MR) is 75.2 cm³/mol. The lowest BCUT2D eigenvalue weighted by molar-refractivity contribution is 0.158. The number of aryl methyl sites for hydroxylation is 1. The standard InChI is InChI=1S/C14H19N3OS/c1-11-9-12(16-18-11)10-17-6-3-14(2,4-7-17)13-15-5-8-19-13/h5,8-9H,3-4,6-7,10H2,1-2H3. The number of aromatic nitrogens is 2. The summed E-state index contributed by atoms with van der Waals surface area (Å²) in [4.78, 5) is 6.95. The zero-order valence-corrected chi connectivity index (χ0v) is 12.2. The van der Waals surface area contributed by atoms with Crippen LogP contribution in [0.2, 0.25) is 0 Å². The number of likely N-dealkylation sites (tertiary alicyclic amines) is 1. The number of hydrogen-bond acceptors (Lipinski definition) is 5. The molecule has 0 N–H and O–H groups in total. The zero-order chi connectivity index (χ0) is 13.3. The van der Waals surface area contributed by atoms with Gasteiger partial charge in [0.2, 0.25) is 0 Å². The molecule has 0 unspecified atom stereocenters. The highest BCUT2D eigenvalue weighted by Crippen LogP contribution is 2.36. The van der Waals surface area contributed by atoms with Gasteiger partial charge in [0.1, 0.15) is 5.76 Å². The van der Waals surface area contributed by atoms with Gasteiger partial charge in [0, 0.05) is 29.6 Å². The van der Waals surface area contributed by atoms with Crippen molar-refractivity contribution in [2.45, 2.75) is 38.6 Å². The molecule has 0 bridgehead atoms. The molecular weight excluding hydrogens is 258 g/mol. The largest absolute Gasteiger partial charge is 0.361 e. The van der Waals surface area contributed by atoms with Crippen LogP contribution in [0.15, 0.2) is 22.2 Å². The van der Waals surface area contributed by atoms with Crippen LogP contribution in [-0.2, 0) is 12.0 Å². The lowest BCUT2D eigenvalue weighted by Gasteiger charge is -2.37. The summed E-state index contributed by atoms with van der Waals surface area (Å²) >= 11 is 1.78. The molecule has 0 aliphatic carbocycles. The summed E-state index contributed by atoms with van der Waals surface area (Å²) in [6.45, 7) is 7.37. The molecule has 0 atom stereocenters. The van der Waals surface area contributed by atoms with E-state index in [0.717, 1.165) is 43.9 Å². The average molecular weight is 277 g/mol. The molecule has 2 aromatic rings. The van der Waals surface area contributed by atoms with E-state index in [1.54, 1.807) is 11.3 Å². The lowest BCUT2D eigenvalue weighted by Crippen LogP contribution is -2.40. The number of piperidine rings is 1. The van der Waals surface area contributed by atoms with Gasteiger partial charge in [0.25, 0.3) is 0 Å². The zero-order valence-electron chi connectivity index (χ0n) is 11.4. The van der Waals surface area contributed by atoms with Crippen molar-refractivity contribution in [2.24, 2.45) is 0 Å². The Hall–Kier alpha value is -1.20. The summed E-state index contributed by atoms with van der Waals surface area (Å²) in [6, 6.07) is 2.02. The molecule has 0 saturated carbocycles. The first-order chi connectivity index (χ1) is 9.16. The highest BCUT2D eigenvalue weighted by molar-refractivity contribution is 7.09. The minimum absolute atomic E-state index is 0.254.